The van der Waals surface area contributed by atoms with Crippen LogP contribution in [0.3, 0.4) is 0 Å². The minimum Gasteiger partial charge on any atom is -0.309 e. The van der Waals surface area contributed by atoms with Gasteiger partial charge in [0.2, 0.25) is 0 Å². The average Bonchev–Trinajstić information content (AvgIpc) is 1.61. The summed E-state index contributed by atoms with van der Waals surface area (Å²) in [7, 11) is 0. The quantitative estimate of drug-likeness (QED) is 0.103. The van der Waals surface area contributed by atoms with Gasteiger partial charge in [-0.2, -0.15) is 0 Å². The number of nitrogens with zero attached hydrogens (tertiary/aromatic N) is 4. The van der Waals surface area contributed by atoms with Crippen molar-refractivity contribution in [2.75, 3.05) is 0 Å². The Labute approximate surface area is 683 Å². The van der Waals surface area contributed by atoms with E-state index in [1.165, 1.54) is 154 Å². The molecular formula is C114H74N4. The summed E-state index contributed by atoms with van der Waals surface area (Å²) in [5, 5.41) is 9.76. The van der Waals surface area contributed by atoms with Gasteiger partial charge < -0.3 is 18.3 Å². The zero-order valence-corrected chi connectivity index (χ0v) is 64.5. The molecule has 4 heterocycles. The monoisotopic (exact) mass is 1500 g/mol. The van der Waals surface area contributed by atoms with Crippen LogP contribution in [0.25, 0.3) is 221 Å². The van der Waals surface area contributed by atoms with E-state index in [4.69, 9.17) is 0 Å². The van der Waals surface area contributed by atoms with Gasteiger partial charge >= 0.3 is 0 Å². The molecule has 0 spiro atoms. The average molecular weight is 1500 g/mol. The zero-order valence-electron chi connectivity index (χ0n) is 64.5. The molecule has 4 aromatic heterocycles. The lowest BCUT2D eigenvalue weighted by Gasteiger charge is -2.15. The van der Waals surface area contributed by atoms with E-state index < -0.39 is 0 Å². The van der Waals surface area contributed by atoms with E-state index in [2.05, 4.69) is 467 Å². The fraction of sp³-hybridized carbons (Fsp3) is 0. The maximum Gasteiger partial charge on any atom is 0.0553 e. The van der Waals surface area contributed by atoms with Gasteiger partial charge in [0.15, 0.2) is 0 Å². The van der Waals surface area contributed by atoms with E-state index in [1.807, 2.05) is 0 Å². The third-order valence-corrected chi connectivity index (χ3v) is 24.4. The number of hydrogen-bond donors (Lipinski definition) is 0. The first-order valence-electron chi connectivity index (χ1n) is 40.7. The Balaban J connectivity index is 0.557. The molecule has 0 aliphatic rings. The van der Waals surface area contributed by atoms with Gasteiger partial charge in [-0.25, -0.2) is 0 Å². The van der Waals surface area contributed by atoms with Gasteiger partial charge in [0.25, 0.3) is 0 Å². The third kappa shape index (κ3) is 11.7. The second-order valence-electron chi connectivity index (χ2n) is 31.1. The molecule has 0 unspecified atom stereocenters. The van der Waals surface area contributed by atoms with Crippen LogP contribution in [0.2, 0.25) is 0 Å². The fourth-order valence-corrected chi connectivity index (χ4v) is 18.6. The normalized spacial score (nSPS) is 11.7. The first-order chi connectivity index (χ1) is 58.5. The van der Waals surface area contributed by atoms with Crippen molar-refractivity contribution in [1.29, 1.82) is 0 Å². The van der Waals surface area contributed by atoms with Crippen molar-refractivity contribution in [3.8, 4) is 134 Å². The molecule has 0 aliphatic carbocycles. The van der Waals surface area contributed by atoms with Gasteiger partial charge in [0.05, 0.1) is 44.1 Å². The molecule has 118 heavy (non-hydrogen) atoms. The van der Waals surface area contributed by atoms with Crippen LogP contribution in [-0.2, 0) is 0 Å². The molecule has 4 nitrogen and oxygen atoms in total. The van der Waals surface area contributed by atoms with E-state index >= 15 is 0 Å². The van der Waals surface area contributed by atoms with Crippen molar-refractivity contribution < 1.29 is 0 Å². The number of para-hydroxylation sites is 4. The summed E-state index contributed by atoms with van der Waals surface area (Å²) in [6, 6.07) is 166. The predicted octanol–water partition coefficient (Wildman–Crippen LogP) is 30.7. The van der Waals surface area contributed by atoms with Crippen LogP contribution in [0.5, 0.6) is 0 Å². The summed E-state index contributed by atoms with van der Waals surface area (Å²) in [6.45, 7) is 0. The highest BCUT2D eigenvalue weighted by atomic mass is 15.0. The largest absolute Gasteiger partial charge is 0.309 e. The second-order valence-corrected chi connectivity index (χ2v) is 31.1. The van der Waals surface area contributed by atoms with Crippen LogP contribution in [-0.4, -0.2) is 18.3 Å². The summed E-state index contributed by atoms with van der Waals surface area (Å²) in [4.78, 5) is 0. The third-order valence-electron chi connectivity index (χ3n) is 24.4. The summed E-state index contributed by atoms with van der Waals surface area (Å²) in [6.07, 6.45) is 0. The highest BCUT2D eigenvalue weighted by Crippen LogP contribution is 2.47. The Bertz CT molecular complexity index is 7830. The van der Waals surface area contributed by atoms with E-state index in [9.17, 15) is 0 Å². The molecule has 0 saturated heterocycles. The van der Waals surface area contributed by atoms with Gasteiger partial charge in [-0.3, -0.25) is 0 Å². The smallest absolute Gasteiger partial charge is 0.0553 e. The lowest BCUT2D eigenvalue weighted by atomic mass is 9.93. The Hall–Kier alpha value is -15.6. The number of fused-ring (bicyclic) bond motifs is 12. The highest BCUT2D eigenvalue weighted by Gasteiger charge is 2.23. The predicted molar refractivity (Wildman–Crippen MR) is 498 cm³/mol. The first-order valence-corrected chi connectivity index (χ1v) is 40.7. The molecule has 0 saturated carbocycles. The number of aromatic nitrogens is 4. The van der Waals surface area contributed by atoms with Crippen molar-refractivity contribution in [2.45, 2.75) is 0 Å². The Morgan fingerprint density at radius 1 is 0.110 bits per heavy atom. The number of rotatable bonds is 14. The van der Waals surface area contributed by atoms with Crippen LogP contribution < -0.4 is 0 Å². The molecule has 0 bridgehead atoms. The lowest BCUT2D eigenvalue weighted by molar-refractivity contribution is 1.18. The van der Waals surface area contributed by atoms with Gasteiger partial charge in [0.1, 0.15) is 0 Å². The van der Waals surface area contributed by atoms with Gasteiger partial charge in [-0.05, 0) is 251 Å². The van der Waals surface area contributed by atoms with Crippen molar-refractivity contribution in [3.05, 3.63) is 449 Å². The SMILES string of the molecule is c1ccc(-c2ccc(-c3ccc(-c4ccc(-n5c6ccccc6c6cc(-c7ccc8c(c7)c7ccccc7n8-c7ccc(-c8cccc(-c9cc(-c%10ccccc%10)cc(-n%10c%11ccccc%11c%11cc(-c%12ccc%13c(c%12)c%12c(-c%14ccccc%14)cc(-c%14ccccc%14)cc%12n%13-c%12ccccc%12)ccc%11%10)c9)c8)cc7)ccc65)cc4)cc3)cc2)cc1. The Morgan fingerprint density at radius 2 is 0.356 bits per heavy atom. The molecule has 0 fully saturated rings. The molecule has 0 atom stereocenters. The standard InChI is InChI=1S/C114H74N4/c1-6-23-75(24-7-1)78-41-43-79(44-42-78)80-45-47-81(48-46-80)82-49-57-95(58-50-82)115-106-38-19-16-35-98(106)102-69-87(53-61-109(102)115)88-54-62-110-103(70-88)99-36-17-20-39-107(99)116(110)96-59-51-83(52-60-96)85-31-22-32-86(65-85)92-66-91(76-25-8-2-9-26-76)67-97(68-92)118-108-40-21-18-37-100(108)104-71-89(55-63-111(104)118)90-56-64-112-105(72-90)114-101(84-29-12-4-13-30-84)73-93(77-27-10-3-11-28-77)74-113(114)117(112)94-33-14-5-15-34-94/h1-74H. The second kappa shape index (κ2) is 28.2. The minimum absolute atomic E-state index is 1.10. The minimum atomic E-state index is 1.10. The van der Waals surface area contributed by atoms with Crippen LogP contribution in [0.4, 0.5) is 0 Å². The molecular weight excluding hydrogens is 1430 g/mol. The molecule has 0 radical (unpaired) electrons. The maximum absolute atomic E-state index is 2.48. The van der Waals surface area contributed by atoms with E-state index in [0.29, 0.717) is 0 Å². The lowest BCUT2D eigenvalue weighted by Crippen LogP contribution is -1.96. The van der Waals surface area contributed by atoms with Crippen molar-refractivity contribution in [3.63, 3.8) is 0 Å². The van der Waals surface area contributed by atoms with Crippen LogP contribution in [0, 0.1) is 0 Å². The van der Waals surface area contributed by atoms with Crippen LogP contribution >= 0.6 is 0 Å². The van der Waals surface area contributed by atoms with Gasteiger partial charge in [-0.15, -0.1) is 0 Å². The number of benzene rings is 19. The fourth-order valence-electron chi connectivity index (χ4n) is 18.6. The van der Waals surface area contributed by atoms with Crippen molar-refractivity contribution in [2.24, 2.45) is 0 Å². The van der Waals surface area contributed by atoms with Gasteiger partial charge in [-0.1, -0.05) is 309 Å². The first kappa shape index (κ1) is 68.0. The summed E-state index contributed by atoms with van der Waals surface area (Å²) >= 11 is 0. The van der Waals surface area contributed by atoms with E-state index in [1.54, 1.807) is 0 Å². The van der Waals surface area contributed by atoms with Crippen molar-refractivity contribution >= 4 is 87.2 Å². The summed E-state index contributed by atoms with van der Waals surface area (Å²) < 4.78 is 9.77. The van der Waals surface area contributed by atoms with Crippen LogP contribution in [0.15, 0.2) is 449 Å². The Kier molecular flexibility index (Phi) is 16.2. The molecule has 0 amide bonds. The van der Waals surface area contributed by atoms with E-state index in [0.717, 1.165) is 67.2 Å². The topological polar surface area (TPSA) is 19.7 Å². The molecule has 23 rings (SSSR count). The number of hydrogen-bond acceptors (Lipinski definition) is 0. The molecule has 0 N–H and O–H groups in total. The summed E-state index contributed by atoms with van der Waals surface area (Å²) in [5.74, 6) is 0. The van der Waals surface area contributed by atoms with Crippen LogP contribution in [0.1, 0.15) is 0 Å². The Morgan fingerprint density at radius 3 is 0.780 bits per heavy atom. The molecule has 4 heteroatoms. The molecule has 550 valence electrons. The summed E-state index contributed by atoms with van der Waals surface area (Å²) in [5.41, 5.74) is 37.5. The maximum atomic E-state index is 2.48. The van der Waals surface area contributed by atoms with Gasteiger partial charge in [0, 0.05) is 65.8 Å². The zero-order chi connectivity index (χ0) is 77.7. The van der Waals surface area contributed by atoms with E-state index in [-0.39, 0.29) is 0 Å². The molecule has 0 aliphatic heterocycles. The molecule has 23 aromatic rings. The highest BCUT2D eigenvalue weighted by molar-refractivity contribution is 6.19. The molecule has 19 aromatic carbocycles. The van der Waals surface area contributed by atoms with Crippen molar-refractivity contribution in [1.82, 2.24) is 18.3 Å².